The summed E-state index contributed by atoms with van der Waals surface area (Å²) in [7, 11) is 1.63. The minimum atomic E-state index is 0.216. The number of hydrazine groups is 1. The van der Waals surface area contributed by atoms with E-state index in [1.807, 2.05) is 18.3 Å². The SMILES string of the molecule is COc1ccc(CC(NN)C2=CCCCCC2)cn1. The van der Waals surface area contributed by atoms with Crippen molar-refractivity contribution in [1.29, 1.82) is 0 Å². The lowest BCUT2D eigenvalue weighted by Gasteiger charge is -2.19. The van der Waals surface area contributed by atoms with Crippen LogP contribution >= 0.6 is 0 Å². The van der Waals surface area contributed by atoms with Crippen molar-refractivity contribution >= 4 is 0 Å². The van der Waals surface area contributed by atoms with E-state index in [0.717, 1.165) is 12.8 Å². The molecule has 0 saturated heterocycles. The summed E-state index contributed by atoms with van der Waals surface area (Å²) in [5.74, 6) is 6.37. The van der Waals surface area contributed by atoms with Crippen molar-refractivity contribution in [2.75, 3.05) is 7.11 Å². The number of rotatable bonds is 5. The van der Waals surface area contributed by atoms with Crippen LogP contribution in [0.2, 0.25) is 0 Å². The molecule has 0 amide bonds. The van der Waals surface area contributed by atoms with Crippen molar-refractivity contribution in [3.8, 4) is 5.88 Å². The Balaban J connectivity index is 2.02. The largest absolute Gasteiger partial charge is 0.481 e. The third kappa shape index (κ3) is 4.04. The van der Waals surface area contributed by atoms with Crippen molar-refractivity contribution in [2.24, 2.45) is 5.84 Å². The third-order valence-electron chi connectivity index (χ3n) is 3.67. The van der Waals surface area contributed by atoms with Gasteiger partial charge in [0.25, 0.3) is 0 Å². The van der Waals surface area contributed by atoms with Gasteiger partial charge in [-0.05, 0) is 37.7 Å². The molecule has 1 aliphatic carbocycles. The molecule has 0 saturated carbocycles. The number of nitrogens with two attached hydrogens (primary N) is 1. The van der Waals surface area contributed by atoms with Gasteiger partial charge in [0.05, 0.1) is 7.11 Å². The van der Waals surface area contributed by atoms with Crippen LogP contribution in [0.25, 0.3) is 0 Å². The van der Waals surface area contributed by atoms with E-state index in [0.29, 0.717) is 5.88 Å². The molecule has 1 atom stereocenters. The second-order valence-electron chi connectivity index (χ2n) is 5.01. The van der Waals surface area contributed by atoms with Gasteiger partial charge < -0.3 is 4.74 Å². The first kappa shape index (κ1) is 14.0. The molecule has 0 fully saturated rings. The van der Waals surface area contributed by atoms with E-state index in [-0.39, 0.29) is 6.04 Å². The predicted octanol–water partition coefficient (Wildman–Crippen LogP) is 2.36. The molecule has 0 bridgehead atoms. The summed E-state index contributed by atoms with van der Waals surface area (Å²) in [6.07, 6.45) is 11.3. The van der Waals surface area contributed by atoms with E-state index in [1.54, 1.807) is 7.11 Å². The quantitative estimate of drug-likeness (QED) is 0.485. The van der Waals surface area contributed by atoms with Gasteiger partial charge in [-0.2, -0.15) is 0 Å². The number of hydrogen-bond donors (Lipinski definition) is 2. The fraction of sp³-hybridized carbons (Fsp3) is 0.533. The first-order valence-corrected chi connectivity index (χ1v) is 6.97. The van der Waals surface area contributed by atoms with E-state index in [2.05, 4.69) is 16.5 Å². The van der Waals surface area contributed by atoms with Crippen molar-refractivity contribution in [3.63, 3.8) is 0 Å². The molecule has 19 heavy (non-hydrogen) atoms. The third-order valence-corrected chi connectivity index (χ3v) is 3.67. The van der Waals surface area contributed by atoms with Gasteiger partial charge in [0.2, 0.25) is 5.88 Å². The van der Waals surface area contributed by atoms with Crippen LogP contribution in [0.1, 0.15) is 37.7 Å². The van der Waals surface area contributed by atoms with Gasteiger partial charge in [0.1, 0.15) is 0 Å². The summed E-state index contributed by atoms with van der Waals surface area (Å²) in [5.41, 5.74) is 5.56. The zero-order valence-electron chi connectivity index (χ0n) is 11.6. The summed E-state index contributed by atoms with van der Waals surface area (Å²) >= 11 is 0. The lowest BCUT2D eigenvalue weighted by Crippen LogP contribution is -2.38. The molecule has 0 spiro atoms. The maximum atomic E-state index is 5.72. The number of nitrogens with one attached hydrogen (secondary N) is 1. The van der Waals surface area contributed by atoms with Crippen LogP contribution < -0.4 is 16.0 Å². The Morgan fingerprint density at radius 3 is 2.95 bits per heavy atom. The predicted molar refractivity (Wildman–Crippen MR) is 76.8 cm³/mol. The number of ether oxygens (including phenoxy) is 1. The standard InChI is InChI=1S/C15H23N3O/c1-19-15-9-8-12(11-17-15)10-14(18-16)13-6-4-2-3-5-7-13/h6,8-9,11,14,18H,2-5,7,10,16H2,1H3. The highest BCUT2D eigenvalue weighted by Gasteiger charge is 2.15. The van der Waals surface area contributed by atoms with Gasteiger partial charge in [-0.25, -0.2) is 4.98 Å². The number of aromatic nitrogens is 1. The topological polar surface area (TPSA) is 60.2 Å². The highest BCUT2D eigenvalue weighted by Crippen LogP contribution is 2.22. The van der Waals surface area contributed by atoms with Crippen LogP contribution in [0.3, 0.4) is 0 Å². The van der Waals surface area contributed by atoms with Crippen molar-refractivity contribution in [1.82, 2.24) is 10.4 Å². The molecule has 1 aliphatic rings. The van der Waals surface area contributed by atoms with Crippen LogP contribution in [0.4, 0.5) is 0 Å². The van der Waals surface area contributed by atoms with Crippen LogP contribution in [0.15, 0.2) is 30.0 Å². The molecule has 1 aromatic rings. The van der Waals surface area contributed by atoms with Gasteiger partial charge in [-0.3, -0.25) is 11.3 Å². The zero-order valence-corrected chi connectivity index (χ0v) is 11.6. The van der Waals surface area contributed by atoms with Crippen molar-refractivity contribution in [2.45, 2.75) is 44.6 Å². The zero-order chi connectivity index (χ0) is 13.5. The van der Waals surface area contributed by atoms with Gasteiger partial charge in [0.15, 0.2) is 0 Å². The molecule has 2 rings (SSSR count). The number of nitrogens with zero attached hydrogens (tertiary/aromatic N) is 1. The summed E-state index contributed by atoms with van der Waals surface area (Å²) in [6.45, 7) is 0. The fourth-order valence-electron chi connectivity index (χ4n) is 2.54. The lowest BCUT2D eigenvalue weighted by molar-refractivity contribution is 0.397. The summed E-state index contributed by atoms with van der Waals surface area (Å²) < 4.78 is 5.07. The monoisotopic (exact) mass is 261 g/mol. The van der Waals surface area contributed by atoms with E-state index in [9.17, 15) is 0 Å². The maximum absolute atomic E-state index is 5.72. The van der Waals surface area contributed by atoms with Gasteiger partial charge >= 0.3 is 0 Å². The molecule has 1 unspecified atom stereocenters. The Labute approximate surface area is 115 Å². The average Bonchev–Trinajstić information content (AvgIpc) is 2.74. The first-order valence-electron chi connectivity index (χ1n) is 6.97. The van der Waals surface area contributed by atoms with Gasteiger partial charge in [0, 0.05) is 18.3 Å². The Bertz CT molecular complexity index is 414. The summed E-state index contributed by atoms with van der Waals surface area (Å²) in [5, 5.41) is 0. The minimum Gasteiger partial charge on any atom is -0.481 e. The molecule has 4 heteroatoms. The molecule has 3 N–H and O–H groups in total. The maximum Gasteiger partial charge on any atom is 0.212 e. The minimum absolute atomic E-state index is 0.216. The Morgan fingerprint density at radius 1 is 1.37 bits per heavy atom. The van der Waals surface area contributed by atoms with Gasteiger partial charge in [-0.15, -0.1) is 0 Å². The number of pyridine rings is 1. The molecule has 0 aliphatic heterocycles. The highest BCUT2D eigenvalue weighted by molar-refractivity contribution is 5.22. The van der Waals surface area contributed by atoms with Crippen LogP contribution in [0.5, 0.6) is 5.88 Å². The number of allylic oxidation sites excluding steroid dienone is 1. The molecular formula is C15H23N3O. The molecule has 4 nitrogen and oxygen atoms in total. The molecular weight excluding hydrogens is 238 g/mol. The smallest absolute Gasteiger partial charge is 0.212 e. The summed E-state index contributed by atoms with van der Waals surface area (Å²) in [6, 6.07) is 4.16. The normalized spacial score (nSPS) is 17.5. The van der Waals surface area contributed by atoms with Gasteiger partial charge in [-0.1, -0.05) is 24.1 Å². The van der Waals surface area contributed by atoms with Crippen molar-refractivity contribution < 1.29 is 4.74 Å². The molecule has 1 aromatic heterocycles. The highest BCUT2D eigenvalue weighted by atomic mass is 16.5. The molecule has 0 radical (unpaired) electrons. The number of methoxy groups -OCH3 is 1. The first-order chi connectivity index (χ1) is 9.33. The summed E-state index contributed by atoms with van der Waals surface area (Å²) in [4.78, 5) is 4.24. The fourth-order valence-corrected chi connectivity index (χ4v) is 2.54. The average molecular weight is 261 g/mol. The molecule has 0 aromatic carbocycles. The Kier molecular flexibility index (Phi) is 5.36. The van der Waals surface area contributed by atoms with E-state index in [4.69, 9.17) is 10.6 Å². The second-order valence-corrected chi connectivity index (χ2v) is 5.01. The molecule has 1 heterocycles. The second kappa shape index (κ2) is 7.26. The van der Waals surface area contributed by atoms with Crippen LogP contribution in [-0.2, 0) is 6.42 Å². The number of hydrogen-bond acceptors (Lipinski definition) is 4. The van der Waals surface area contributed by atoms with Crippen LogP contribution in [0, 0.1) is 0 Å². The van der Waals surface area contributed by atoms with Crippen molar-refractivity contribution in [3.05, 3.63) is 35.5 Å². The van der Waals surface area contributed by atoms with E-state index >= 15 is 0 Å². The van der Waals surface area contributed by atoms with Crippen LogP contribution in [-0.4, -0.2) is 18.1 Å². The molecule has 104 valence electrons. The van der Waals surface area contributed by atoms with E-state index in [1.165, 1.54) is 36.8 Å². The Hall–Kier alpha value is -1.39. The van der Waals surface area contributed by atoms with E-state index < -0.39 is 0 Å². The lowest BCUT2D eigenvalue weighted by atomic mass is 9.97. The Morgan fingerprint density at radius 2 is 2.26 bits per heavy atom.